The van der Waals surface area contributed by atoms with Gasteiger partial charge in [0.15, 0.2) is 0 Å². The molecule has 1 atom stereocenters. The number of hydrogen-bond acceptors (Lipinski definition) is 4. The highest BCUT2D eigenvalue weighted by atomic mass is 16.3. The molecule has 0 radical (unpaired) electrons. The summed E-state index contributed by atoms with van der Waals surface area (Å²) in [6.07, 6.45) is 3.44. The van der Waals surface area contributed by atoms with E-state index in [2.05, 4.69) is 20.6 Å². The Morgan fingerprint density at radius 3 is 2.23 bits per heavy atom. The number of amides is 2. The molecule has 6 heteroatoms. The first kappa shape index (κ1) is 18.4. The molecule has 0 aliphatic heterocycles. The average molecular weight is 308 g/mol. The van der Waals surface area contributed by atoms with Crippen molar-refractivity contribution in [1.82, 2.24) is 15.3 Å². The Morgan fingerprint density at radius 1 is 1.23 bits per heavy atom. The summed E-state index contributed by atoms with van der Waals surface area (Å²) in [6, 6.07) is -0.300. The Hall–Kier alpha value is -1.69. The van der Waals surface area contributed by atoms with E-state index in [0.717, 1.165) is 5.82 Å². The van der Waals surface area contributed by atoms with Crippen LogP contribution in [-0.4, -0.2) is 33.8 Å². The zero-order valence-electron chi connectivity index (χ0n) is 14.4. The van der Waals surface area contributed by atoms with E-state index < -0.39 is 6.10 Å². The van der Waals surface area contributed by atoms with E-state index in [-0.39, 0.29) is 16.9 Å². The Morgan fingerprint density at radius 2 is 1.77 bits per heavy atom. The summed E-state index contributed by atoms with van der Waals surface area (Å²) in [7, 11) is 0. The van der Waals surface area contributed by atoms with Crippen molar-refractivity contribution in [2.24, 2.45) is 5.41 Å². The number of rotatable bonds is 5. The van der Waals surface area contributed by atoms with Crippen LogP contribution in [0, 0.1) is 5.41 Å². The van der Waals surface area contributed by atoms with Gasteiger partial charge in [-0.1, -0.05) is 34.6 Å². The molecule has 1 heterocycles. The smallest absolute Gasteiger partial charge is 0.319 e. The van der Waals surface area contributed by atoms with Gasteiger partial charge in [0, 0.05) is 12.0 Å². The molecule has 0 saturated carbocycles. The Labute approximate surface area is 132 Å². The van der Waals surface area contributed by atoms with Gasteiger partial charge in [0.2, 0.25) is 0 Å². The predicted molar refractivity (Wildman–Crippen MR) is 87.8 cm³/mol. The van der Waals surface area contributed by atoms with E-state index in [1.54, 1.807) is 19.3 Å². The van der Waals surface area contributed by atoms with Gasteiger partial charge in [-0.3, -0.25) is 0 Å². The number of carbonyl (C=O) groups excluding carboxylic acids is 1. The zero-order chi connectivity index (χ0) is 17.0. The minimum absolute atomic E-state index is 0.119. The second kappa shape index (κ2) is 7.05. The number of aliphatic hydroxyl groups is 1. The molecule has 0 fully saturated rings. The quantitative estimate of drug-likeness (QED) is 0.780. The number of hydrogen-bond donors (Lipinski definition) is 3. The van der Waals surface area contributed by atoms with Crippen LogP contribution in [0.15, 0.2) is 12.4 Å². The lowest BCUT2D eigenvalue weighted by Crippen LogP contribution is -2.38. The number of urea groups is 1. The summed E-state index contributed by atoms with van der Waals surface area (Å²) in [5.41, 5.74) is 0.267. The summed E-state index contributed by atoms with van der Waals surface area (Å²) < 4.78 is 0. The molecule has 1 rings (SSSR count). The lowest BCUT2D eigenvalue weighted by molar-refractivity contribution is 0.129. The molecule has 0 spiro atoms. The van der Waals surface area contributed by atoms with E-state index in [4.69, 9.17) is 0 Å². The summed E-state index contributed by atoms with van der Waals surface area (Å²) >= 11 is 0. The van der Waals surface area contributed by atoms with Gasteiger partial charge in [-0.25, -0.2) is 14.8 Å². The molecule has 0 unspecified atom stereocenters. The van der Waals surface area contributed by atoms with Crippen molar-refractivity contribution in [2.75, 3.05) is 11.9 Å². The lowest BCUT2D eigenvalue weighted by Gasteiger charge is -2.26. The fraction of sp³-hybridized carbons (Fsp3) is 0.688. The van der Waals surface area contributed by atoms with E-state index in [1.165, 1.54) is 0 Å². The molecule has 1 aromatic rings. The van der Waals surface area contributed by atoms with E-state index in [9.17, 15) is 9.90 Å². The maximum atomic E-state index is 11.9. The van der Waals surface area contributed by atoms with Crippen LogP contribution < -0.4 is 10.6 Å². The fourth-order valence-electron chi connectivity index (χ4n) is 2.15. The van der Waals surface area contributed by atoms with Gasteiger partial charge in [0.1, 0.15) is 5.82 Å². The molecular formula is C16H28N4O2. The third kappa shape index (κ3) is 6.39. The van der Waals surface area contributed by atoms with E-state index in [0.29, 0.717) is 18.7 Å². The highest BCUT2D eigenvalue weighted by Crippen LogP contribution is 2.21. The summed E-state index contributed by atoms with van der Waals surface area (Å²) in [6.45, 7) is 12.3. The number of nitrogens with zero attached hydrogens (tertiary/aromatic N) is 2. The number of carbonyl (C=O) groups is 1. The van der Waals surface area contributed by atoms with Crippen molar-refractivity contribution in [2.45, 2.75) is 59.5 Å². The molecule has 0 aliphatic carbocycles. The van der Waals surface area contributed by atoms with Crippen LogP contribution in [0.4, 0.5) is 10.5 Å². The van der Waals surface area contributed by atoms with Crippen LogP contribution in [0.2, 0.25) is 0 Å². The fourth-order valence-corrected chi connectivity index (χ4v) is 2.15. The SMILES string of the molecule is C[C@H](O)CC(C)(C)CNC(=O)Nc1cnc(C(C)(C)C)nc1. The Bertz CT molecular complexity index is 490. The van der Waals surface area contributed by atoms with Crippen LogP contribution in [0.25, 0.3) is 0 Å². The molecule has 3 N–H and O–H groups in total. The maximum absolute atomic E-state index is 11.9. The molecule has 1 aromatic heterocycles. The largest absolute Gasteiger partial charge is 0.393 e. The second-order valence-electron chi connectivity index (χ2n) is 7.57. The minimum Gasteiger partial charge on any atom is -0.393 e. The Balaban J connectivity index is 2.52. The molecular weight excluding hydrogens is 280 g/mol. The monoisotopic (exact) mass is 308 g/mol. The molecule has 22 heavy (non-hydrogen) atoms. The van der Waals surface area contributed by atoms with Gasteiger partial charge in [-0.05, 0) is 18.8 Å². The highest BCUT2D eigenvalue weighted by molar-refractivity contribution is 5.88. The van der Waals surface area contributed by atoms with Crippen LogP contribution in [0.5, 0.6) is 0 Å². The standard InChI is InChI=1S/C16H28N4O2/c1-11(21)7-16(5,6)10-19-14(22)20-12-8-17-13(18-9-12)15(2,3)4/h8-9,11,21H,7,10H2,1-6H3,(H2,19,20,22)/t11-/m0/s1. The molecule has 0 aromatic carbocycles. The van der Waals surface area contributed by atoms with E-state index in [1.807, 2.05) is 34.6 Å². The average Bonchev–Trinajstić information content (AvgIpc) is 2.34. The van der Waals surface area contributed by atoms with Gasteiger partial charge in [0.05, 0.1) is 24.2 Å². The summed E-state index contributed by atoms with van der Waals surface area (Å²) in [5, 5.41) is 14.9. The van der Waals surface area contributed by atoms with Gasteiger partial charge in [-0.15, -0.1) is 0 Å². The predicted octanol–water partition coefficient (Wildman–Crippen LogP) is 2.69. The molecule has 0 aliphatic rings. The summed E-state index contributed by atoms with van der Waals surface area (Å²) in [5.74, 6) is 0.733. The first-order valence-electron chi connectivity index (χ1n) is 7.55. The third-order valence-corrected chi connectivity index (χ3v) is 3.16. The van der Waals surface area contributed by atoms with Crippen molar-refractivity contribution >= 4 is 11.7 Å². The third-order valence-electron chi connectivity index (χ3n) is 3.16. The van der Waals surface area contributed by atoms with Crippen molar-refractivity contribution in [3.8, 4) is 0 Å². The van der Waals surface area contributed by atoms with Crippen molar-refractivity contribution in [3.63, 3.8) is 0 Å². The lowest BCUT2D eigenvalue weighted by atomic mass is 9.87. The first-order chi connectivity index (χ1) is 9.99. The highest BCUT2D eigenvalue weighted by Gasteiger charge is 2.21. The van der Waals surface area contributed by atoms with Crippen LogP contribution in [-0.2, 0) is 5.41 Å². The first-order valence-corrected chi connectivity index (χ1v) is 7.55. The topological polar surface area (TPSA) is 87.1 Å². The molecule has 2 amide bonds. The summed E-state index contributed by atoms with van der Waals surface area (Å²) in [4.78, 5) is 20.4. The van der Waals surface area contributed by atoms with E-state index >= 15 is 0 Å². The van der Waals surface area contributed by atoms with Crippen LogP contribution >= 0.6 is 0 Å². The van der Waals surface area contributed by atoms with Gasteiger partial charge >= 0.3 is 6.03 Å². The zero-order valence-corrected chi connectivity index (χ0v) is 14.4. The van der Waals surface area contributed by atoms with Gasteiger partial charge < -0.3 is 15.7 Å². The number of anilines is 1. The molecule has 0 saturated heterocycles. The minimum atomic E-state index is -0.391. The van der Waals surface area contributed by atoms with Crippen molar-refractivity contribution < 1.29 is 9.90 Å². The number of aromatic nitrogens is 2. The van der Waals surface area contributed by atoms with Gasteiger partial charge in [-0.2, -0.15) is 0 Å². The second-order valence-corrected chi connectivity index (χ2v) is 7.57. The molecule has 0 bridgehead atoms. The number of aliphatic hydroxyl groups excluding tert-OH is 1. The van der Waals surface area contributed by atoms with Gasteiger partial charge in [0.25, 0.3) is 0 Å². The molecule has 6 nitrogen and oxygen atoms in total. The molecule has 124 valence electrons. The van der Waals surface area contributed by atoms with Crippen LogP contribution in [0.3, 0.4) is 0 Å². The Kier molecular flexibility index (Phi) is 5.88. The van der Waals surface area contributed by atoms with Crippen LogP contribution in [0.1, 0.15) is 53.8 Å². The maximum Gasteiger partial charge on any atom is 0.319 e. The van der Waals surface area contributed by atoms with Crippen molar-refractivity contribution in [3.05, 3.63) is 18.2 Å². The normalized spacial score (nSPS) is 13.6. The number of nitrogens with one attached hydrogen (secondary N) is 2. The van der Waals surface area contributed by atoms with Crippen molar-refractivity contribution in [1.29, 1.82) is 0 Å².